The number of nitrogens with zero attached hydrogens (tertiary/aromatic N) is 1. The third-order valence-electron chi connectivity index (χ3n) is 3.36. The topological polar surface area (TPSA) is 29.3 Å². The summed E-state index contributed by atoms with van der Waals surface area (Å²) in [5, 5.41) is 0. The lowest BCUT2D eigenvalue weighted by molar-refractivity contribution is 0.198. The number of likely N-dealkylation sites (tertiary alicyclic amines) is 1. The van der Waals surface area contributed by atoms with E-state index in [0.717, 1.165) is 17.4 Å². The van der Waals surface area contributed by atoms with Gasteiger partial charge in [-0.3, -0.25) is 4.90 Å². The van der Waals surface area contributed by atoms with Crippen LogP contribution in [0.15, 0.2) is 28.7 Å². The minimum atomic E-state index is 0.267. The molecule has 1 aliphatic heterocycles. The number of benzene rings is 1. The minimum Gasteiger partial charge on any atom is -0.326 e. The maximum absolute atomic E-state index is 6.22. The lowest BCUT2D eigenvalue weighted by Gasteiger charge is -2.30. The Balaban J connectivity index is 2.26. The summed E-state index contributed by atoms with van der Waals surface area (Å²) in [5.74, 6) is 0. The Morgan fingerprint density at radius 3 is 2.50 bits per heavy atom. The first kappa shape index (κ1) is 12.1. The van der Waals surface area contributed by atoms with Crippen LogP contribution in [0.3, 0.4) is 0 Å². The molecule has 0 spiro atoms. The molecule has 2 N–H and O–H groups in total. The standard InChI is InChI=1S/C13H19BrN2/c1-9(2)16-8-7-12(15)13(16)10-3-5-11(14)6-4-10/h3-6,9,12-13H,7-8,15H2,1-2H3. The number of rotatable bonds is 2. The van der Waals surface area contributed by atoms with Crippen molar-refractivity contribution in [1.29, 1.82) is 0 Å². The minimum absolute atomic E-state index is 0.267. The van der Waals surface area contributed by atoms with Crippen LogP contribution in [0.5, 0.6) is 0 Å². The molecular weight excluding hydrogens is 264 g/mol. The van der Waals surface area contributed by atoms with Gasteiger partial charge in [0, 0.05) is 23.1 Å². The van der Waals surface area contributed by atoms with Gasteiger partial charge < -0.3 is 5.73 Å². The van der Waals surface area contributed by atoms with Crippen molar-refractivity contribution in [3.8, 4) is 0 Å². The van der Waals surface area contributed by atoms with Crippen LogP contribution in [-0.4, -0.2) is 23.5 Å². The van der Waals surface area contributed by atoms with Gasteiger partial charge >= 0.3 is 0 Å². The van der Waals surface area contributed by atoms with Crippen LogP contribution >= 0.6 is 15.9 Å². The molecule has 1 saturated heterocycles. The molecule has 0 aromatic heterocycles. The fourth-order valence-electron chi connectivity index (χ4n) is 2.52. The maximum atomic E-state index is 6.22. The molecule has 0 amide bonds. The van der Waals surface area contributed by atoms with Gasteiger partial charge in [-0.25, -0.2) is 0 Å². The molecule has 3 heteroatoms. The summed E-state index contributed by atoms with van der Waals surface area (Å²) in [6, 6.07) is 9.75. The molecule has 1 aromatic rings. The third kappa shape index (κ3) is 2.31. The summed E-state index contributed by atoms with van der Waals surface area (Å²) < 4.78 is 1.12. The zero-order valence-corrected chi connectivity index (χ0v) is 11.4. The Kier molecular flexibility index (Phi) is 3.67. The predicted octanol–water partition coefficient (Wildman–Crippen LogP) is 2.93. The van der Waals surface area contributed by atoms with Crippen LogP contribution in [0.1, 0.15) is 31.9 Å². The van der Waals surface area contributed by atoms with Crippen LogP contribution in [0, 0.1) is 0 Å². The van der Waals surface area contributed by atoms with Crippen molar-refractivity contribution in [3.63, 3.8) is 0 Å². The van der Waals surface area contributed by atoms with Crippen molar-refractivity contribution in [2.45, 2.75) is 38.4 Å². The van der Waals surface area contributed by atoms with Crippen LogP contribution in [-0.2, 0) is 0 Å². The van der Waals surface area contributed by atoms with E-state index in [-0.39, 0.29) is 6.04 Å². The number of hydrogen-bond donors (Lipinski definition) is 1. The summed E-state index contributed by atoms with van der Waals surface area (Å²) in [7, 11) is 0. The highest BCUT2D eigenvalue weighted by molar-refractivity contribution is 9.10. The second-order valence-electron chi connectivity index (χ2n) is 4.78. The first-order valence-electron chi connectivity index (χ1n) is 5.86. The molecule has 1 heterocycles. The Hall–Kier alpha value is -0.380. The lowest BCUT2D eigenvalue weighted by Crippen LogP contribution is -2.35. The van der Waals surface area contributed by atoms with E-state index >= 15 is 0 Å². The third-order valence-corrected chi connectivity index (χ3v) is 3.89. The summed E-state index contributed by atoms with van der Waals surface area (Å²) in [6.07, 6.45) is 1.10. The van der Waals surface area contributed by atoms with E-state index < -0.39 is 0 Å². The number of nitrogens with two attached hydrogens (primary N) is 1. The van der Waals surface area contributed by atoms with Gasteiger partial charge in [0.05, 0.1) is 6.04 Å². The average molecular weight is 283 g/mol. The fourth-order valence-corrected chi connectivity index (χ4v) is 2.78. The Morgan fingerprint density at radius 1 is 1.31 bits per heavy atom. The monoisotopic (exact) mass is 282 g/mol. The summed E-state index contributed by atoms with van der Waals surface area (Å²) in [6.45, 7) is 5.59. The van der Waals surface area contributed by atoms with Crippen LogP contribution in [0.4, 0.5) is 0 Å². The number of halogens is 1. The largest absolute Gasteiger partial charge is 0.326 e. The molecule has 0 bridgehead atoms. The highest BCUT2D eigenvalue weighted by Crippen LogP contribution is 2.33. The average Bonchev–Trinajstić information content (AvgIpc) is 2.62. The highest BCUT2D eigenvalue weighted by Gasteiger charge is 2.33. The summed E-state index contributed by atoms with van der Waals surface area (Å²) in [5.41, 5.74) is 7.56. The van der Waals surface area contributed by atoms with Crippen LogP contribution in [0.25, 0.3) is 0 Å². The predicted molar refractivity (Wildman–Crippen MR) is 71.3 cm³/mol. The van der Waals surface area contributed by atoms with Crippen molar-refractivity contribution in [3.05, 3.63) is 34.3 Å². The van der Waals surface area contributed by atoms with E-state index in [1.54, 1.807) is 0 Å². The van der Waals surface area contributed by atoms with Gasteiger partial charge in [-0.15, -0.1) is 0 Å². The molecule has 1 aromatic carbocycles. The molecule has 2 unspecified atom stereocenters. The van der Waals surface area contributed by atoms with Crippen LogP contribution in [0.2, 0.25) is 0 Å². The molecule has 2 nitrogen and oxygen atoms in total. The molecule has 16 heavy (non-hydrogen) atoms. The number of hydrogen-bond acceptors (Lipinski definition) is 2. The second-order valence-corrected chi connectivity index (χ2v) is 5.70. The van der Waals surface area contributed by atoms with E-state index in [9.17, 15) is 0 Å². The van der Waals surface area contributed by atoms with Gasteiger partial charge in [0.2, 0.25) is 0 Å². The van der Waals surface area contributed by atoms with Crippen molar-refractivity contribution < 1.29 is 0 Å². The van der Waals surface area contributed by atoms with Crippen molar-refractivity contribution in [1.82, 2.24) is 4.90 Å². The molecule has 2 atom stereocenters. The van der Waals surface area contributed by atoms with Crippen molar-refractivity contribution in [2.24, 2.45) is 5.73 Å². The first-order valence-corrected chi connectivity index (χ1v) is 6.65. The smallest absolute Gasteiger partial charge is 0.0502 e. The Morgan fingerprint density at radius 2 is 1.94 bits per heavy atom. The van der Waals surface area contributed by atoms with Gasteiger partial charge in [0.15, 0.2) is 0 Å². The first-order chi connectivity index (χ1) is 7.59. The van der Waals surface area contributed by atoms with Gasteiger partial charge in [-0.2, -0.15) is 0 Å². The SMILES string of the molecule is CC(C)N1CCC(N)C1c1ccc(Br)cc1. The van der Waals surface area contributed by atoms with Crippen LogP contribution < -0.4 is 5.73 Å². The highest BCUT2D eigenvalue weighted by atomic mass is 79.9. The molecular formula is C13H19BrN2. The van der Waals surface area contributed by atoms with Crippen molar-refractivity contribution in [2.75, 3.05) is 6.54 Å². The molecule has 1 aliphatic rings. The van der Waals surface area contributed by atoms with E-state index in [1.807, 2.05) is 0 Å². The normalized spacial score (nSPS) is 26.6. The maximum Gasteiger partial charge on any atom is 0.0502 e. The van der Waals surface area contributed by atoms with E-state index in [1.165, 1.54) is 5.56 Å². The summed E-state index contributed by atoms with van der Waals surface area (Å²) >= 11 is 3.47. The fraction of sp³-hybridized carbons (Fsp3) is 0.538. The molecule has 0 radical (unpaired) electrons. The molecule has 88 valence electrons. The van der Waals surface area contributed by atoms with Gasteiger partial charge in [-0.05, 0) is 38.0 Å². The molecule has 0 aliphatic carbocycles. The lowest BCUT2D eigenvalue weighted by atomic mass is 10.0. The van der Waals surface area contributed by atoms with Crippen molar-refractivity contribution >= 4 is 15.9 Å². The van der Waals surface area contributed by atoms with Gasteiger partial charge in [-0.1, -0.05) is 28.1 Å². The van der Waals surface area contributed by atoms with E-state index in [4.69, 9.17) is 5.73 Å². The molecule has 2 rings (SSSR count). The zero-order valence-electron chi connectivity index (χ0n) is 9.86. The van der Waals surface area contributed by atoms with E-state index in [2.05, 4.69) is 58.9 Å². The molecule has 1 fully saturated rings. The Labute approximate surface area is 106 Å². The Bertz CT molecular complexity index is 347. The zero-order chi connectivity index (χ0) is 11.7. The second kappa shape index (κ2) is 4.86. The van der Waals surface area contributed by atoms with E-state index in [0.29, 0.717) is 12.1 Å². The quantitative estimate of drug-likeness (QED) is 0.904. The van der Waals surface area contributed by atoms with Gasteiger partial charge in [0.25, 0.3) is 0 Å². The molecule has 0 saturated carbocycles. The summed E-state index contributed by atoms with van der Waals surface area (Å²) in [4.78, 5) is 2.49. The van der Waals surface area contributed by atoms with Gasteiger partial charge in [0.1, 0.15) is 0 Å².